The zero-order chi connectivity index (χ0) is 6.85. The van der Waals surface area contributed by atoms with Gasteiger partial charge in [-0.15, -0.1) is 11.3 Å². The van der Waals surface area contributed by atoms with Gasteiger partial charge in [-0.05, 0) is 34.0 Å². The topological polar surface area (TPSA) is 17.1 Å². The quantitative estimate of drug-likeness (QED) is 0.715. The van der Waals surface area contributed by atoms with Crippen molar-refractivity contribution in [1.82, 2.24) is 0 Å². The first kappa shape index (κ1) is 7.68. The Hall–Kier alpha value is 0.580. The van der Waals surface area contributed by atoms with E-state index in [-0.39, 0.29) is 0 Å². The summed E-state index contributed by atoms with van der Waals surface area (Å²) in [5.41, 5.74) is 0. The summed E-state index contributed by atoms with van der Waals surface area (Å²) in [5, 5.41) is 1.96. The molecular formula is C5H5IOS2. The first-order valence-electron chi connectivity index (χ1n) is 2.28. The molecular weight excluding hydrogens is 267 g/mol. The van der Waals surface area contributed by atoms with Gasteiger partial charge in [0.15, 0.2) is 0 Å². The van der Waals surface area contributed by atoms with Crippen molar-refractivity contribution in [2.75, 3.05) is 6.26 Å². The summed E-state index contributed by atoms with van der Waals surface area (Å²) < 4.78 is 12.0. The summed E-state index contributed by atoms with van der Waals surface area (Å²) in [5.74, 6) is 0. The Bertz CT molecular complexity index is 231. The fraction of sp³-hybridized carbons (Fsp3) is 0.200. The minimum Gasteiger partial charge on any atom is -0.255 e. The molecule has 1 nitrogen and oxygen atoms in total. The van der Waals surface area contributed by atoms with Gasteiger partial charge in [-0.2, -0.15) is 0 Å². The van der Waals surface area contributed by atoms with Crippen LogP contribution in [0.2, 0.25) is 0 Å². The predicted octanol–water partition coefficient (Wildman–Crippen LogP) is 2.09. The SMILES string of the molecule is CS(=O)c1ccsc1I. The van der Waals surface area contributed by atoms with Gasteiger partial charge in [0.1, 0.15) is 0 Å². The molecule has 1 unspecified atom stereocenters. The lowest BCUT2D eigenvalue weighted by atomic mass is 10.7. The molecule has 0 aromatic carbocycles. The molecule has 0 bridgehead atoms. The van der Waals surface area contributed by atoms with Gasteiger partial charge in [-0.3, -0.25) is 4.21 Å². The maximum Gasteiger partial charge on any atom is 0.0814 e. The lowest BCUT2D eigenvalue weighted by Gasteiger charge is -1.87. The van der Waals surface area contributed by atoms with E-state index in [1.807, 2.05) is 11.4 Å². The molecule has 0 aliphatic heterocycles. The molecule has 4 heteroatoms. The average molecular weight is 272 g/mol. The van der Waals surface area contributed by atoms with Crippen LogP contribution in [-0.2, 0) is 10.8 Å². The van der Waals surface area contributed by atoms with Crippen molar-refractivity contribution in [2.24, 2.45) is 0 Å². The molecule has 0 aliphatic carbocycles. The number of hydrogen-bond acceptors (Lipinski definition) is 2. The van der Waals surface area contributed by atoms with Crippen molar-refractivity contribution >= 4 is 44.7 Å². The molecule has 1 rings (SSSR count). The molecule has 0 saturated carbocycles. The molecule has 1 aromatic heterocycles. The molecule has 9 heavy (non-hydrogen) atoms. The third-order valence-electron chi connectivity index (χ3n) is 0.894. The van der Waals surface area contributed by atoms with Crippen LogP contribution in [-0.4, -0.2) is 10.5 Å². The van der Waals surface area contributed by atoms with Crippen molar-refractivity contribution in [3.63, 3.8) is 0 Å². The van der Waals surface area contributed by atoms with Gasteiger partial charge in [0.2, 0.25) is 0 Å². The molecule has 1 aromatic rings. The van der Waals surface area contributed by atoms with E-state index in [2.05, 4.69) is 22.6 Å². The van der Waals surface area contributed by atoms with Crippen LogP contribution < -0.4 is 0 Å². The summed E-state index contributed by atoms with van der Waals surface area (Å²) in [7, 11) is -0.806. The summed E-state index contributed by atoms with van der Waals surface area (Å²) in [6.07, 6.45) is 1.70. The minimum atomic E-state index is -0.806. The van der Waals surface area contributed by atoms with E-state index in [4.69, 9.17) is 0 Å². The summed E-state index contributed by atoms with van der Waals surface area (Å²) in [6, 6.07) is 1.91. The molecule has 1 atom stereocenters. The Balaban J connectivity index is 3.08. The predicted molar refractivity (Wildman–Crippen MR) is 49.4 cm³/mol. The van der Waals surface area contributed by atoms with Gasteiger partial charge in [0, 0.05) is 6.26 Å². The lowest BCUT2D eigenvalue weighted by molar-refractivity contribution is 0.687. The average Bonchev–Trinajstić information content (AvgIpc) is 2.13. The minimum absolute atomic E-state index is 0.806. The van der Waals surface area contributed by atoms with E-state index in [0.717, 1.165) is 7.78 Å². The van der Waals surface area contributed by atoms with Gasteiger partial charge in [-0.1, -0.05) is 0 Å². The first-order chi connectivity index (χ1) is 4.22. The van der Waals surface area contributed by atoms with Crippen LogP contribution in [0, 0.1) is 2.88 Å². The van der Waals surface area contributed by atoms with Gasteiger partial charge in [-0.25, -0.2) is 0 Å². The van der Waals surface area contributed by atoms with E-state index in [1.165, 1.54) is 0 Å². The molecule has 0 saturated heterocycles. The van der Waals surface area contributed by atoms with Crippen LogP contribution in [0.1, 0.15) is 0 Å². The number of halogens is 1. The van der Waals surface area contributed by atoms with Gasteiger partial charge >= 0.3 is 0 Å². The summed E-state index contributed by atoms with van der Waals surface area (Å²) >= 11 is 3.82. The molecule has 50 valence electrons. The third kappa shape index (κ3) is 1.75. The number of rotatable bonds is 1. The summed E-state index contributed by atoms with van der Waals surface area (Å²) in [6.45, 7) is 0. The van der Waals surface area contributed by atoms with Crippen LogP contribution in [0.5, 0.6) is 0 Å². The Morgan fingerprint density at radius 1 is 1.78 bits per heavy atom. The highest BCUT2D eigenvalue weighted by atomic mass is 127. The van der Waals surface area contributed by atoms with Gasteiger partial charge in [0.25, 0.3) is 0 Å². The third-order valence-corrected chi connectivity index (χ3v) is 4.39. The highest BCUT2D eigenvalue weighted by Crippen LogP contribution is 2.20. The maximum atomic E-state index is 10.8. The van der Waals surface area contributed by atoms with Crippen molar-refractivity contribution in [3.8, 4) is 0 Å². The van der Waals surface area contributed by atoms with E-state index < -0.39 is 10.8 Å². The van der Waals surface area contributed by atoms with Crippen molar-refractivity contribution < 1.29 is 4.21 Å². The molecule has 1 heterocycles. The van der Waals surface area contributed by atoms with Crippen molar-refractivity contribution in [1.29, 1.82) is 0 Å². The smallest absolute Gasteiger partial charge is 0.0814 e. The van der Waals surface area contributed by atoms with E-state index in [0.29, 0.717) is 0 Å². The van der Waals surface area contributed by atoms with Gasteiger partial charge < -0.3 is 0 Å². The second-order valence-corrected chi connectivity index (χ2v) is 5.59. The highest BCUT2D eigenvalue weighted by molar-refractivity contribution is 14.1. The molecule has 0 spiro atoms. The van der Waals surface area contributed by atoms with Crippen LogP contribution in [0.3, 0.4) is 0 Å². The Kier molecular flexibility index (Phi) is 2.66. The molecule has 0 amide bonds. The van der Waals surface area contributed by atoms with Crippen molar-refractivity contribution in [2.45, 2.75) is 4.90 Å². The number of hydrogen-bond donors (Lipinski definition) is 0. The van der Waals surface area contributed by atoms with E-state index >= 15 is 0 Å². The lowest BCUT2D eigenvalue weighted by Crippen LogP contribution is -1.84. The largest absolute Gasteiger partial charge is 0.255 e. The standard InChI is InChI=1S/C5H5IOS2/c1-9(7)4-2-3-8-5(4)6/h2-3H,1H3. The highest BCUT2D eigenvalue weighted by Gasteiger charge is 2.02. The fourth-order valence-corrected chi connectivity index (χ4v) is 3.61. The molecule has 0 radical (unpaired) electrons. The Labute approximate surface area is 74.1 Å². The fourth-order valence-electron chi connectivity index (χ4n) is 0.488. The van der Waals surface area contributed by atoms with E-state index in [9.17, 15) is 4.21 Å². The zero-order valence-electron chi connectivity index (χ0n) is 4.76. The van der Waals surface area contributed by atoms with Crippen LogP contribution in [0.15, 0.2) is 16.3 Å². The number of thiophene rings is 1. The Morgan fingerprint density at radius 3 is 2.67 bits per heavy atom. The maximum absolute atomic E-state index is 10.8. The normalized spacial score (nSPS) is 13.6. The second-order valence-electron chi connectivity index (χ2n) is 1.51. The Morgan fingerprint density at radius 2 is 2.44 bits per heavy atom. The van der Waals surface area contributed by atoms with Gasteiger partial charge in [0.05, 0.1) is 18.6 Å². The molecule has 0 aliphatic rings. The molecule has 0 N–H and O–H groups in total. The monoisotopic (exact) mass is 272 g/mol. The zero-order valence-corrected chi connectivity index (χ0v) is 8.55. The van der Waals surface area contributed by atoms with Crippen molar-refractivity contribution in [3.05, 3.63) is 14.3 Å². The summed E-state index contributed by atoms with van der Waals surface area (Å²) in [4.78, 5) is 0.959. The van der Waals surface area contributed by atoms with Crippen LogP contribution >= 0.6 is 33.9 Å². The van der Waals surface area contributed by atoms with Crippen LogP contribution in [0.25, 0.3) is 0 Å². The van der Waals surface area contributed by atoms with E-state index in [1.54, 1.807) is 17.6 Å². The second kappa shape index (κ2) is 3.12. The molecule has 0 fully saturated rings. The first-order valence-corrected chi connectivity index (χ1v) is 5.80. The van der Waals surface area contributed by atoms with Crippen LogP contribution in [0.4, 0.5) is 0 Å².